The molecule has 4 rings (SSSR count). The number of fused-ring (bicyclic) bond motifs is 1. The summed E-state index contributed by atoms with van der Waals surface area (Å²) in [7, 11) is 3.23. The Morgan fingerprint density at radius 3 is 2.67 bits per heavy atom. The Kier molecular flexibility index (Phi) is 5.57. The predicted molar refractivity (Wildman–Crippen MR) is 118 cm³/mol. The highest BCUT2D eigenvalue weighted by Gasteiger charge is 2.27. The average molecular weight is 403 g/mol. The summed E-state index contributed by atoms with van der Waals surface area (Å²) in [5.74, 6) is 1.86. The van der Waals surface area contributed by atoms with Crippen LogP contribution in [-0.4, -0.2) is 31.7 Å². The van der Waals surface area contributed by atoms with Crippen LogP contribution in [0.1, 0.15) is 34.5 Å². The molecule has 1 N–H and O–H groups in total. The third kappa shape index (κ3) is 3.68. The highest BCUT2D eigenvalue weighted by atomic mass is 16.5. The minimum absolute atomic E-state index is 0.0462. The van der Waals surface area contributed by atoms with Crippen molar-refractivity contribution in [1.82, 2.24) is 4.98 Å². The molecule has 1 aliphatic rings. The van der Waals surface area contributed by atoms with Gasteiger partial charge in [0.2, 0.25) is 0 Å². The Morgan fingerprint density at radius 1 is 1.07 bits per heavy atom. The first kappa shape index (κ1) is 19.8. The summed E-state index contributed by atoms with van der Waals surface area (Å²) in [4.78, 5) is 19.6. The molecule has 1 unspecified atom stereocenters. The summed E-state index contributed by atoms with van der Waals surface area (Å²) in [5.41, 5.74) is 3.73. The number of nitrogens with zero attached hydrogens (tertiary/aromatic N) is 2. The van der Waals surface area contributed by atoms with E-state index in [1.807, 2.05) is 54.3 Å². The Bertz CT molecular complexity index is 1070. The second-order valence-corrected chi connectivity index (χ2v) is 7.22. The molecule has 154 valence electrons. The molecule has 1 aliphatic heterocycles. The maximum absolute atomic E-state index is 13.3. The lowest BCUT2D eigenvalue weighted by Crippen LogP contribution is -2.30. The number of hydrogen-bond acceptors (Lipinski definition) is 5. The van der Waals surface area contributed by atoms with Crippen LogP contribution in [0, 0.1) is 0 Å². The quantitative estimate of drug-likeness (QED) is 0.658. The van der Waals surface area contributed by atoms with E-state index < -0.39 is 0 Å². The fourth-order valence-corrected chi connectivity index (χ4v) is 3.80. The van der Waals surface area contributed by atoms with E-state index in [0.29, 0.717) is 29.4 Å². The molecule has 0 saturated heterocycles. The van der Waals surface area contributed by atoms with E-state index in [2.05, 4.69) is 16.4 Å². The molecule has 30 heavy (non-hydrogen) atoms. The Labute approximate surface area is 176 Å². The molecule has 6 heteroatoms. The smallest absolute Gasteiger partial charge is 0.262 e. The fraction of sp³-hybridized carbons (Fsp3) is 0.250. The first-order valence-electron chi connectivity index (χ1n) is 9.95. The van der Waals surface area contributed by atoms with Gasteiger partial charge in [0.1, 0.15) is 5.82 Å². The summed E-state index contributed by atoms with van der Waals surface area (Å²) in [6.45, 7) is 2.70. The van der Waals surface area contributed by atoms with Gasteiger partial charge in [0.25, 0.3) is 5.91 Å². The van der Waals surface area contributed by atoms with Crippen LogP contribution in [0.2, 0.25) is 0 Å². The lowest BCUT2D eigenvalue weighted by molar-refractivity contribution is 0.0990. The molecule has 2 aromatic carbocycles. The van der Waals surface area contributed by atoms with Crippen molar-refractivity contribution < 1.29 is 14.3 Å². The molecule has 0 spiro atoms. The molecule has 0 radical (unpaired) electrons. The number of ether oxygens (including phenoxy) is 2. The van der Waals surface area contributed by atoms with Crippen LogP contribution in [0.4, 0.5) is 11.5 Å². The van der Waals surface area contributed by atoms with E-state index in [-0.39, 0.29) is 11.9 Å². The summed E-state index contributed by atoms with van der Waals surface area (Å²) in [6.07, 6.45) is 2.56. The molecule has 0 bridgehead atoms. The van der Waals surface area contributed by atoms with E-state index >= 15 is 0 Å². The number of carbonyl (C=O) groups excluding carboxylic acids is 1. The number of nitrogens with one attached hydrogen (secondary N) is 1. The summed E-state index contributed by atoms with van der Waals surface area (Å²) < 4.78 is 10.7. The summed E-state index contributed by atoms with van der Waals surface area (Å²) in [6, 6.07) is 17.3. The van der Waals surface area contributed by atoms with Crippen molar-refractivity contribution in [3.05, 3.63) is 77.5 Å². The molecule has 2 heterocycles. The van der Waals surface area contributed by atoms with Gasteiger partial charge in [0.15, 0.2) is 11.5 Å². The summed E-state index contributed by atoms with van der Waals surface area (Å²) in [5, 5.41) is 3.39. The SMILES string of the molecule is COc1ccc(C(C)Nc2ncccc2C(=O)N2CCc3ccccc32)cc1OC. The predicted octanol–water partition coefficient (Wildman–Crippen LogP) is 4.47. The number of amides is 1. The standard InChI is InChI=1S/C24H25N3O3/c1-16(18-10-11-21(29-2)22(15-18)30-3)26-23-19(8-6-13-25-23)24(28)27-14-12-17-7-4-5-9-20(17)27/h4-11,13,15-16H,12,14H2,1-3H3,(H,25,26). The molecule has 0 saturated carbocycles. The van der Waals surface area contributed by atoms with Gasteiger partial charge < -0.3 is 19.7 Å². The zero-order chi connectivity index (χ0) is 21.1. The maximum atomic E-state index is 13.3. The number of hydrogen-bond donors (Lipinski definition) is 1. The highest BCUT2D eigenvalue weighted by Crippen LogP contribution is 2.33. The number of anilines is 2. The van der Waals surface area contributed by atoms with Gasteiger partial charge in [-0.25, -0.2) is 4.98 Å². The minimum atomic E-state index is -0.0860. The monoisotopic (exact) mass is 403 g/mol. The number of rotatable bonds is 6. The molecule has 1 amide bonds. The Morgan fingerprint density at radius 2 is 1.87 bits per heavy atom. The van der Waals surface area contributed by atoms with Crippen LogP contribution in [-0.2, 0) is 6.42 Å². The second kappa shape index (κ2) is 8.45. The average Bonchev–Trinajstić information content (AvgIpc) is 3.22. The third-order valence-electron chi connectivity index (χ3n) is 5.43. The van der Waals surface area contributed by atoms with Gasteiger partial charge in [-0.05, 0) is 54.8 Å². The molecule has 1 aromatic heterocycles. The normalized spacial score (nSPS) is 13.5. The minimum Gasteiger partial charge on any atom is -0.493 e. The molecule has 3 aromatic rings. The molecular formula is C24H25N3O3. The zero-order valence-electron chi connectivity index (χ0n) is 17.4. The van der Waals surface area contributed by atoms with E-state index in [4.69, 9.17) is 9.47 Å². The first-order chi connectivity index (χ1) is 14.6. The van der Waals surface area contributed by atoms with Crippen molar-refractivity contribution in [3.63, 3.8) is 0 Å². The molecule has 1 atom stereocenters. The third-order valence-corrected chi connectivity index (χ3v) is 5.43. The van der Waals surface area contributed by atoms with Gasteiger partial charge in [0, 0.05) is 18.4 Å². The van der Waals surface area contributed by atoms with Crippen molar-refractivity contribution in [3.8, 4) is 11.5 Å². The van der Waals surface area contributed by atoms with Crippen LogP contribution in [0.15, 0.2) is 60.8 Å². The van der Waals surface area contributed by atoms with Gasteiger partial charge >= 0.3 is 0 Å². The van der Waals surface area contributed by atoms with E-state index in [1.54, 1.807) is 26.5 Å². The van der Waals surface area contributed by atoms with Gasteiger partial charge in [-0.1, -0.05) is 24.3 Å². The van der Waals surface area contributed by atoms with Crippen LogP contribution >= 0.6 is 0 Å². The van der Waals surface area contributed by atoms with Gasteiger partial charge in [-0.3, -0.25) is 4.79 Å². The first-order valence-corrected chi connectivity index (χ1v) is 9.95. The molecular weight excluding hydrogens is 378 g/mol. The number of pyridine rings is 1. The van der Waals surface area contributed by atoms with Crippen molar-refractivity contribution in [2.75, 3.05) is 31.0 Å². The van der Waals surface area contributed by atoms with E-state index in [9.17, 15) is 4.79 Å². The van der Waals surface area contributed by atoms with Crippen molar-refractivity contribution in [2.45, 2.75) is 19.4 Å². The van der Waals surface area contributed by atoms with Crippen LogP contribution in [0.3, 0.4) is 0 Å². The lowest BCUT2D eigenvalue weighted by atomic mass is 10.1. The number of carbonyl (C=O) groups is 1. The van der Waals surface area contributed by atoms with Gasteiger partial charge in [-0.15, -0.1) is 0 Å². The maximum Gasteiger partial charge on any atom is 0.262 e. The second-order valence-electron chi connectivity index (χ2n) is 7.22. The van der Waals surface area contributed by atoms with E-state index in [1.165, 1.54) is 5.56 Å². The summed E-state index contributed by atoms with van der Waals surface area (Å²) >= 11 is 0. The van der Waals surface area contributed by atoms with Crippen molar-refractivity contribution in [1.29, 1.82) is 0 Å². The zero-order valence-corrected chi connectivity index (χ0v) is 17.4. The largest absolute Gasteiger partial charge is 0.493 e. The Balaban J connectivity index is 1.59. The van der Waals surface area contributed by atoms with Crippen LogP contribution in [0.5, 0.6) is 11.5 Å². The highest BCUT2D eigenvalue weighted by molar-refractivity contribution is 6.10. The number of benzene rings is 2. The number of para-hydroxylation sites is 1. The molecule has 0 fully saturated rings. The fourth-order valence-electron chi connectivity index (χ4n) is 3.80. The van der Waals surface area contributed by atoms with E-state index in [0.717, 1.165) is 17.7 Å². The van der Waals surface area contributed by atoms with Crippen LogP contribution in [0.25, 0.3) is 0 Å². The topological polar surface area (TPSA) is 63.7 Å². The van der Waals surface area contributed by atoms with Crippen molar-refractivity contribution >= 4 is 17.4 Å². The number of methoxy groups -OCH3 is 2. The van der Waals surface area contributed by atoms with Gasteiger partial charge in [0.05, 0.1) is 25.8 Å². The molecule has 6 nitrogen and oxygen atoms in total. The Hall–Kier alpha value is -3.54. The molecule has 0 aliphatic carbocycles. The van der Waals surface area contributed by atoms with Crippen LogP contribution < -0.4 is 19.7 Å². The van der Waals surface area contributed by atoms with Gasteiger partial charge in [-0.2, -0.15) is 0 Å². The van der Waals surface area contributed by atoms with Crippen molar-refractivity contribution in [2.24, 2.45) is 0 Å². The lowest BCUT2D eigenvalue weighted by Gasteiger charge is -2.21. The number of aromatic nitrogens is 1.